The van der Waals surface area contributed by atoms with E-state index < -0.39 is 18.0 Å². The van der Waals surface area contributed by atoms with Crippen LogP contribution in [0.4, 0.5) is 8.78 Å². The van der Waals surface area contributed by atoms with Gasteiger partial charge >= 0.3 is 0 Å². The van der Waals surface area contributed by atoms with E-state index in [4.69, 9.17) is 5.73 Å². The Hall–Kier alpha value is -2.41. The van der Waals surface area contributed by atoms with Crippen molar-refractivity contribution in [2.75, 3.05) is 0 Å². The normalized spacial score (nSPS) is 12.2. The maximum absolute atomic E-state index is 12.5. The Labute approximate surface area is 126 Å². The molecule has 1 amide bonds. The van der Waals surface area contributed by atoms with Gasteiger partial charge in [0.1, 0.15) is 17.7 Å². The van der Waals surface area contributed by atoms with Crippen LogP contribution in [0, 0.1) is 0 Å². The number of carbonyl (C=O) groups is 1. The van der Waals surface area contributed by atoms with Crippen LogP contribution in [-0.4, -0.2) is 15.9 Å². The fourth-order valence-corrected chi connectivity index (χ4v) is 1.83. The molecule has 2 rings (SSSR count). The van der Waals surface area contributed by atoms with E-state index in [1.54, 1.807) is 0 Å². The molecular formula is C15H16F2N4O. The van der Waals surface area contributed by atoms with Gasteiger partial charge < -0.3 is 11.1 Å². The molecule has 0 saturated carbocycles. The minimum atomic E-state index is -2.74. The number of nitrogens with zero attached hydrogens (tertiary/aromatic N) is 2. The average Bonchev–Trinajstić information content (AvgIpc) is 2.53. The Bertz CT molecular complexity index is 644. The molecule has 0 fully saturated rings. The topological polar surface area (TPSA) is 80.9 Å². The zero-order valence-electron chi connectivity index (χ0n) is 12.0. The second-order valence-electron chi connectivity index (χ2n) is 4.84. The summed E-state index contributed by atoms with van der Waals surface area (Å²) in [7, 11) is 0. The molecule has 116 valence electrons. The van der Waals surface area contributed by atoms with E-state index in [0.29, 0.717) is 0 Å². The van der Waals surface area contributed by atoms with Gasteiger partial charge in [0.25, 0.3) is 12.3 Å². The van der Waals surface area contributed by atoms with Crippen molar-refractivity contribution in [3.8, 4) is 0 Å². The lowest BCUT2D eigenvalue weighted by Crippen LogP contribution is -2.24. The van der Waals surface area contributed by atoms with Crippen molar-refractivity contribution in [3.05, 3.63) is 59.2 Å². The molecule has 1 aromatic heterocycles. The second kappa shape index (κ2) is 7.04. The van der Waals surface area contributed by atoms with Crippen LogP contribution in [0.1, 0.15) is 46.7 Å². The highest BCUT2D eigenvalue weighted by Crippen LogP contribution is 2.15. The van der Waals surface area contributed by atoms with E-state index in [2.05, 4.69) is 15.3 Å². The van der Waals surface area contributed by atoms with Crippen molar-refractivity contribution in [2.45, 2.75) is 25.9 Å². The van der Waals surface area contributed by atoms with E-state index in [1.807, 2.05) is 31.2 Å². The molecule has 1 heterocycles. The SMILES string of the molecule is C[C@H](N)c1ccc(CNC(=O)c2cc(C(F)F)ncn2)cc1. The number of nitrogens with two attached hydrogens (primary N) is 1. The molecule has 2 aromatic rings. The van der Waals surface area contributed by atoms with Gasteiger partial charge in [-0.3, -0.25) is 4.79 Å². The summed E-state index contributed by atoms with van der Waals surface area (Å²) in [6, 6.07) is 8.39. The fraction of sp³-hybridized carbons (Fsp3) is 0.267. The highest BCUT2D eigenvalue weighted by molar-refractivity contribution is 5.92. The number of carbonyl (C=O) groups excluding carboxylic acids is 1. The van der Waals surface area contributed by atoms with Crippen LogP contribution in [0.3, 0.4) is 0 Å². The molecule has 0 aliphatic carbocycles. The third-order valence-electron chi connectivity index (χ3n) is 3.10. The standard InChI is InChI=1S/C15H16F2N4O/c1-9(18)11-4-2-10(3-5-11)7-19-15(22)13-6-12(14(16)17)20-8-21-13/h2-6,8-9,14H,7,18H2,1H3,(H,19,22)/t9-/m0/s1. The molecule has 5 nitrogen and oxygen atoms in total. The summed E-state index contributed by atoms with van der Waals surface area (Å²) in [5.74, 6) is -0.527. The number of benzene rings is 1. The van der Waals surface area contributed by atoms with Crippen molar-refractivity contribution < 1.29 is 13.6 Å². The summed E-state index contributed by atoms with van der Waals surface area (Å²) in [6.45, 7) is 2.15. The van der Waals surface area contributed by atoms with Gasteiger partial charge in [0.2, 0.25) is 0 Å². The molecule has 1 atom stereocenters. The number of hydrogen-bond acceptors (Lipinski definition) is 4. The van der Waals surface area contributed by atoms with Crippen molar-refractivity contribution in [1.29, 1.82) is 0 Å². The minimum absolute atomic E-state index is 0.0579. The molecule has 0 aliphatic rings. The number of aromatic nitrogens is 2. The van der Waals surface area contributed by atoms with Crippen molar-refractivity contribution in [3.63, 3.8) is 0 Å². The molecule has 7 heteroatoms. The van der Waals surface area contributed by atoms with Gasteiger partial charge in [0.05, 0.1) is 0 Å². The number of halogens is 2. The lowest BCUT2D eigenvalue weighted by molar-refractivity contribution is 0.0944. The molecule has 3 N–H and O–H groups in total. The number of amides is 1. The van der Waals surface area contributed by atoms with Crippen LogP contribution in [-0.2, 0) is 6.54 Å². The highest BCUT2D eigenvalue weighted by atomic mass is 19.3. The summed E-state index contributed by atoms with van der Waals surface area (Å²) >= 11 is 0. The van der Waals surface area contributed by atoms with Crippen molar-refractivity contribution in [1.82, 2.24) is 15.3 Å². The van der Waals surface area contributed by atoms with Gasteiger partial charge in [-0.1, -0.05) is 24.3 Å². The minimum Gasteiger partial charge on any atom is -0.347 e. The Balaban J connectivity index is 1.99. The lowest BCUT2D eigenvalue weighted by atomic mass is 10.1. The fourth-order valence-electron chi connectivity index (χ4n) is 1.83. The van der Waals surface area contributed by atoms with Gasteiger partial charge in [-0.05, 0) is 24.1 Å². The summed E-state index contributed by atoms with van der Waals surface area (Å²) in [6.07, 6.45) is -1.78. The van der Waals surface area contributed by atoms with E-state index in [9.17, 15) is 13.6 Å². The van der Waals surface area contributed by atoms with Crippen LogP contribution in [0.15, 0.2) is 36.7 Å². The molecule has 0 aliphatic heterocycles. The zero-order chi connectivity index (χ0) is 16.1. The predicted molar refractivity (Wildman–Crippen MR) is 77.2 cm³/mol. The number of alkyl halides is 2. The highest BCUT2D eigenvalue weighted by Gasteiger charge is 2.13. The van der Waals surface area contributed by atoms with Crippen LogP contribution in [0.25, 0.3) is 0 Å². The van der Waals surface area contributed by atoms with Gasteiger partial charge in [0.15, 0.2) is 0 Å². The first-order valence-corrected chi connectivity index (χ1v) is 6.70. The molecule has 0 spiro atoms. The Kier molecular flexibility index (Phi) is 5.11. The van der Waals surface area contributed by atoms with Gasteiger partial charge in [0, 0.05) is 12.6 Å². The third-order valence-corrected chi connectivity index (χ3v) is 3.10. The van der Waals surface area contributed by atoms with E-state index in [0.717, 1.165) is 23.5 Å². The first-order valence-electron chi connectivity index (χ1n) is 6.70. The predicted octanol–water partition coefficient (Wildman–Crippen LogP) is 2.36. The first-order chi connectivity index (χ1) is 10.5. The summed E-state index contributed by atoms with van der Waals surface area (Å²) in [5.41, 5.74) is 7.07. The summed E-state index contributed by atoms with van der Waals surface area (Å²) in [5, 5.41) is 2.62. The van der Waals surface area contributed by atoms with E-state index >= 15 is 0 Å². The number of rotatable bonds is 5. The Morgan fingerprint density at radius 1 is 1.27 bits per heavy atom. The van der Waals surface area contributed by atoms with Crippen LogP contribution in [0.5, 0.6) is 0 Å². The van der Waals surface area contributed by atoms with E-state index in [1.165, 1.54) is 0 Å². The smallest absolute Gasteiger partial charge is 0.280 e. The Morgan fingerprint density at radius 3 is 2.55 bits per heavy atom. The lowest BCUT2D eigenvalue weighted by Gasteiger charge is -2.08. The maximum Gasteiger partial charge on any atom is 0.280 e. The molecule has 0 saturated heterocycles. The maximum atomic E-state index is 12.5. The summed E-state index contributed by atoms with van der Waals surface area (Å²) in [4.78, 5) is 19.0. The van der Waals surface area contributed by atoms with Gasteiger partial charge in [-0.2, -0.15) is 0 Å². The molecule has 0 unspecified atom stereocenters. The van der Waals surface area contributed by atoms with E-state index in [-0.39, 0.29) is 18.3 Å². The van der Waals surface area contributed by atoms with Gasteiger partial charge in [-0.15, -0.1) is 0 Å². The molecule has 22 heavy (non-hydrogen) atoms. The number of hydrogen-bond donors (Lipinski definition) is 2. The van der Waals surface area contributed by atoms with Crippen LogP contribution in [0.2, 0.25) is 0 Å². The summed E-state index contributed by atoms with van der Waals surface area (Å²) < 4.78 is 25.1. The molecule has 0 bridgehead atoms. The van der Waals surface area contributed by atoms with Crippen LogP contribution < -0.4 is 11.1 Å². The zero-order valence-corrected chi connectivity index (χ0v) is 12.0. The molecule has 0 radical (unpaired) electrons. The molecule has 1 aromatic carbocycles. The monoisotopic (exact) mass is 306 g/mol. The number of nitrogens with one attached hydrogen (secondary N) is 1. The Morgan fingerprint density at radius 2 is 1.95 bits per heavy atom. The second-order valence-corrected chi connectivity index (χ2v) is 4.84. The average molecular weight is 306 g/mol. The molecular weight excluding hydrogens is 290 g/mol. The largest absolute Gasteiger partial charge is 0.347 e. The quantitative estimate of drug-likeness (QED) is 0.888. The first kappa shape index (κ1) is 16.0. The van der Waals surface area contributed by atoms with Crippen molar-refractivity contribution in [2.24, 2.45) is 5.73 Å². The van der Waals surface area contributed by atoms with Gasteiger partial charge in [-0.25, -0.2) is 18.7 Å². The van der Waals surface area contributed by atoms with Crippen molar-refractivity contribution >= 4 is 5.91 Å². The third kappa shape index (κ3) is 4.05. The van der Waals surface area contributed by atoms with Crippen LogP contribution >= 0.6 is 0 Å².